The molecule has 1 aliphatic heterocycles. The van der Waals surface area contributed by atoms with Gasteiger partial charge in [0.2, 0.25) is 11.8 Å². The minimum absolute atomic E-state index is 0.0285. The van der Waals surface area contributed by atoms with Crippen LogP contribution in [0.4, 0.5) is 10.1 Å². The van der Waals surface area contributed by atoms with Crippen LogP contribution in [0.25, 0.3) is 0 Å². The quantitative estimate of drug-likeness (QED) is 0.446. The van der Waals surface area contributed by atoms with Crippen molar-refractivity contribution in [1.29, 1.82) is 0 Å². The van der Waals surface area contributed by atoms with Gasteiger partial charge in [-0.15, -0.1) is 0 Å². The summed E-state index contributed by atoms with van der Waals surface area (Å²) in [6, 6.07) is 4.57. The Bertz CT molecular complexity index is 958. The van der Waals surface area contributed by atoms with E-state index in [1.807, 2.05) is 27.7 Å². The zero-order valence-electron chi connectivity index (χ0n) is 23.7. The van der Waals surface area contributed by atoms with Gasteiger partial charge in [-0.1, -0.05) is 40.2 Å². The third-order valence-corrected chi connectivity index (χ3v) is 7.10. The summed E-state index contributed by atoms with van der Waals surface area (Å²) in [6.07, 6.45) is 4.65. The summed E-state index contributed by atoms with van der Waals surface area (Å²) in [5, 5.41) is 5.82. The molecule has 2 rings (SSSR count). The number of rotatable bonds is 10. The van der Waals surface area contributed by atoms with Gasteiger partial charge in [0.25, 0.3) is 5.91 Å². The molecule has 0 spiro atoms. The minimum atomic E-state index is -0.670. The SMILES string of the molecule is CC(=CC(C(C)C)N(C)C(=O)[C@@H](NC(=O)[C@H]1CCCCN1C(C)C)C(C)C)C(=O)Nc1ccc(F)cc1. The van der Waals surface area contributed by atoms with Crippen LogP contribution >= 0.6 is 0 Å². The molecule has 3 amide bonds. The number of likely N-dealkylation sites (N-methyl/N-ethyl adjacent to an activating group) is 1. The predicted octanol–water partition coefficient (Wildman–Crippen LogP) is 4.60. The summed E-state index contributed by atoms with van der Waals surface area (Å²) in [5.41, 5.74) is 0.938. The van der Waals surface area contributed by atoms with Crippen LogP contribution in [0.5, 0.6) is 0 Å². The summed E-state index contributed by atoms with van der Waals surface area (Å²) in [4.78, 5) is 43.6. The number of amides is 3. The van der Waals surface area contributed by atoms with Crippen molar-refractivity contribution in [2.75, 3.05) is 18.9 Å². The molecule has 0 aromatic heterocycles. The first kappa shape index (κ1) is 30.5. The first-order chi connectivity index (χ1) is 17.3. The number of carbonyl (C=O) groups is 3. The van der Waals surface area contributed by atoms with Crippen LogP contribution in [0.2, 0.25) is 0 Å². The average Bonchev–Trinajstić information content (AvgIpc) is 2.85. The molecule has 206 valence electrons. The average molecular weight is 517 g/mol. The van der Waals surface area contributed by atoms with Crippen molar-refractivity contribution in [2.45, 2.75) is 91.9 Å². The molecule has 0 radical (unpaired) electrons. The van der Waals surface area contributed by atoms with E-state index in [4.69, 9.17) is 0 Å². The highest BCUT2D eigenvalue weighted by molar-refractivity contribution is 6.03. The molecule has 37 heavy (non-hydrogen) atoms. The predicted molar refractivity (Wildman–Crippen MR) is 146 cm³/mol. The summed E-state index contributed by atoms with van der Waals surface area (Å²) in [5.74, 6) is -1.05. The Kier molecular flexibility index (Phi) is 11.3. The van der Waals surface area contributed by atoms with Gasteiger partial charge < -0.3 is 15.5 Å². The molecule has 7 nitrogen and oxygen atoms in total. The van der Waals surface area contributed by atoms with Gasteiger partial charge in [-0.25, -0.2) is 4.39 Å². The van der Waals surface area contributed by atoms with Crippen LogP contribution in [-0.4, -0.2) is 65.3 Å². The second-order valence-electron chi connectivity index (χ2n) is 11.1. The Hall–Kier alpha value is -2.74. The van der Waals surface area contributed by atoms with E-state index >= 15 is 0 Å². The van der Waals surface area contributed by atoms with E-state index in [9.17, 15) is 18.8 Å². The van der Waals surface area contributed by atoms with Crippen LogP contribution in [0.15, 0.2) is 35.9 Å². The van der Waals surface area contributed by atoms with E-state index in [2.05, 4.69) is 29.4 Å². The molecule has 1 fully saturated rings. The molecule has 8 heteroatoms. The van der Waals surface area contributed by atoms with Gasteiger partial charge in [0.05, 0.1) is 12.1 Å². The number of hydrogen-bond donors (Lipinski definition) is 2. The van der Waals surface area contributed by atoms with Crippen LogP contribution in [0, 0.1) is 17.7 Å². The number of anilines is 1. The van der Waals surface area contributed by atoms with Gasteiger partial charge in [0, 0.05) is 24.4 Å². The smallest absolute Gasteiger partial charge is 0.251 e. The Morgan fingerprint density at radius 3 is 2.19 bits per heavy atom. The first-order valence-electron chi connectivity index (χ1n) is 13.4. The summed E-state index contributed by atoms with van der Waals surface area (Å²) in [6.45, 7) is 14.6. The Labute approximate surface area is 221 Å². The Morgan fingerprint density at radius 2 is 1.65 bits per heavy atom. The fourth-order valence-corrected chi connectivity index (χ4v) is 4.83. The molecule has 0 bridgehead atoms. The van der Waals surface area contributed by atoms with Crippen molar-refractivity contribution < 1.29 is 18.8 Å². The van der Waals surface area contributed by atoms with E-state index < -0.39 is 6.04 Å². The lowest BCUT2D eigenvalue weighted by atomic mass is 9.95. The maximum absolute atomic E-state index is 13.7. The molecular weight excluding hydrogens is 471 g/mol. The van der Waals surface area contributed by atoms with Crippen molar-refractivity contribution in [3.05, 3.63) is 41.7 Å². The molecule has 1 unspecified atom stereocenters. The first-order valence-corrected chi connectivity index (χ1v) is 13.4. The minimum Gasteiger partial charge on any atom is -0.343 e. The highest BCUT2D eigenvalue weighted by atomic mass is 19.1. The molecule has 2 N–H and O–H groups in total. The Balaban J connectivity index is 2.17. The Morgan fingerprint density at radius 1 is 1.03 bits per heavy atom. The molecular formula is C29H45FN4O3. The van der Waals surface area contributed by atoms with Crippen molar-refractivity contribution in [3.8, 4) is 0 Å². The van der Waals surface area contributed by atoms with Gasteiger partial charge in [-0.3, -0.25) is 19.3 Å². The van der Waals surface area contributed by atoms with Crippen molar-refractivity contribution >= 4 is 23.4 Å². The number of benzene rings is 1. The number of piperidine rings is 1. The number of halogens is 1. The summed E-state index contributed by atoms with van der Waals surface area (Å²) < 4.78 is 13.2. The number of carbonyl (C=O) groups excluding carboxylic acids is 3. The second kappa shape index (κ2) is 13.7. The molecule has 3 atom stereocenters. The van der Waals surface area contributed by atoms with Crippen molar-refractivity contribution in [1.82, 2.24) is 15.1 Å². The van der Waals surface area contributed by atoms with Crippen LogP contribution in [-0.2, 0) is 14.4 Å². The molecule has 1 saturated heterocycles. The fourth-order valence-electron chi connectivity index (χ4n) is 4.83. The van der Waals surface area contributed by atoms with E-state index in [1.54, 1.807) is 24.9 Å². The lowest BCUT2D eigenvalue weighted by Gasteiger charge is -2.39. The largest absolute Gasteiger partial charge is 0.343 e. The number of hydrogen-bond acceptors (Lipinski definition) is 4. The molecule has 1 aromatic rings. The topological polar surface area (TPSA) is 81.8 Å². The van der Waals surface area contributed by atoms with Crippen LogP contribution in [0.3, 0.4) is 0 Å². The van der Waals surface area contributed by atoms with Gasteiger partial charge in [0.15, 0.2) is 0 Å². The van der Waals surface area contributed by atoms with Gasteiger partial charge in [0.1, 0.15) is 11.9 Å². The summed E-state index contributed by atoms with van der Waals surface area (Å²) >= 11 is 0. The maximum atomic E-state index is 13.7. The van der Waals surface area contributed by atoms with E-state index in [0.717, 1.165) is 25.8 Å². The summed E-state index contributed by atoms with van der Waals surface area (Å²) in [7, 11) is 1.72. The highest BCUT2D eigenvalue weighted by Crippen LogP contribution is 2.22. The van der Waals surface area contributed by atoms with Crippen LogP contribution < -0.4 is 10.6 Å². The second-order valence-corrected chi connectivity index (χ2v) is 11.1. The monoisotopic (exact) mass is 516 g/mol. The molecule has 0 aliphatic carbocycles. The zero-order valence-corrected chi connectivity index (χ0v) is 23.7. The third kappa shape index (κ3) is 8.38. The standard InChI is InChI=1S/C29H45FN4O3/c1-18(2)25(17-21(7)27(35)31-23-14-12-22(30)13-15-23)33(8)29(37)26(19(3)4)32-28(36)24-11-9-10-16-34(24)20(5)6/h12-15,17-20,24-26H,9-11,16H2,1-8H3,(H,31,35)(H,32,36)/t24-,25?,26+/m1/s1. The van der Waals surface area contributed by atoms with Crippen LogP contribution in [0.1, 0.15) is 67.7 Å². The lowest BCUT2D eigenvalue weighted by molar-refractivity contribution is -0.140. The van der Waals surface area contributed by atoms with E-state index in [1.165, 1.54) is 24.3 Å². The molecule has 1 heterocycles. The normalized spacial score (nSPS) is 18.6. The van der Waals surface area contributed by atoms with E-state index in [-0.39, 0.29) is 53.5 Å². The lowest BCUT2D eigenvalue weighted by Crippen LogP contribution is -2.58. The maximum Gasteiger partial charge on any atom is 0.251 e. The van der Waals surface area contributed by atoms with Crippen molar-refractivity contribution in [2.24, 2.45) is 11.8 Å². The highest BCUT2D eigenvalue weighted by Gasteiger charge is 2.36. The fraction of sp³-hybridized carbons (Fsp3) is 0.621. The number of nitrogens with one attached hydrogen (secondary N) is 2. The molecule has 0 saturated carbocycles. The molecule has 1 aliphatic rings. The third-order valence-electron chi connectivity index (χ3n) is 7.10. The van der Waals surface area contributed by atoms with Crippen molar-refractivity contribution in [3.63, 3.8) is 0 Å². The molecule has 1 aromatic carbocycles. The zero-order chi connectivity index (χ0) is 27.9. The van der Waals surface area contributed by atoms with E-state index in [0.29, 0.717) is 11.3 Å². The van der Waals surface area contributed by atoms with Gasteiger partial charge in [-0.2, -0.15) is 0 Å². The number of nitrogens with zero attached hydrogens (tertiary/aromatic N) is 2. The van der Waals surface area contributed by atoms with Gasteiger partial charge >= 0.3 is 0 Å². The van der Waals surface area contributed by atoms with Gasteiger partial charge in [-0.05, 0) is 76.3 Å². The number of likely N-dealkylation sites (tertiary alicyclic amines) is 1.